The van der Waals surface area contributed by atoms with E-state index >= 15 is 0 Å². The number of carbonyl (C=O) groups excluding carboxylic acids is 4. The number of hydrogen-bond acceptors (Lipinski definition) is 8. The van der Waals surface area contributed by atoms with Crippen molar-refractivity contribution < 1.29 is 38.1 Å². The van der Waals surface area contributed by atoms with Crippen molar-refractivity contribution in [1.29, 1.82) is 0 Å². The SMILES string of the molecule is C=C(CCOC(C)=O)CCOC(C)=O.CC(=O)OC/C=C(\C)CCOC(C)=O. The van der Waals surface area contributed by atoms with Crippen molar-refractivity contribution in [3.63, 3.8) is 0 Å². The lowest BCUT2D eigenvalue weighted by Crippen LogP contribution is -2.04. The maximum Gasteiger partial charge on any atom is 0.302 e. The Hall–Kier alpha value is -2.64. The van der Waals surface area contributed by atoms with Gasteiger partial charge in [-0.1, -0.05) is 17.7 Å². The van der Waals surface area contributed by atoms with Crippen LogP contribution in [0.4, 0.5) is 0 Å². The summed E-state index contributed by atoms with van der Waals surface area (Å²) in [4.78, 5) is 41.6. The lowest BCUT2D eigenvalue weighted by atomic mass is 10.2. The van der Waals surface area contributed by atoms with Gasteiger partial charge in [-0.3, -0.25) is 19.2 Å². The largest absolute Gasteiger partial charge is 0.466 e. The Labute approximate surface area is 166 Å². The second-order valence-electron chi connectivity index (χ2n) is 5.87. The molecule has 8 nitrogen and oxygen atoms in total. The molecule has 0 N–H and O–H groups in total. The summed E-state index contributed by atoms with van der Waals surface area (Å²) in [6.45, 7) is 12.5. The molecule has 8 heteroatoms. The van der Waals surface area contributed by atoms with Crippen LogP contribution in [0.2, 0.25) is 0 Å². The van der Waals surface area contributed by atoms with E-state index in [1.807, 2.05) is 6.92 Å². The third-order valence-corrected chi connectivity index (χ3v) is 3.04. The molecule has 0 saturated carbocycles. The predicted molar refractivity (Wildman–Crippen MR) is 103 cm³/mol. The quantitative estimate of drug-likeness (QED) is 0.296. The summed E-state index contributed by atoms with van der Waals surface area (Å²) in [6, 6.07) is 0. The van der Waals surface area contributed by atoms with E-state index in [9.17, 15) is 19.2 Å². The van der Waals surface area contributed by atoms with Gasteiger partial charge in [-0.2, -0.15) is 0 Å². The lowest BCUT2D eigenvalue weighted by Gasteiger charge is -2.05. The monoisotopic (exact) mass is 400 g/mol. The molecular weight excluding hydrogens is 368 g/mol. The topological polar surface area (TPSA) is 105 Å². The van der Waals surface area contributed by atoms with Crippen molar-refractivity contribution in [3.05, 3.63) is 23.8 Å². The molecule has 0 heterocycles. The van der Waals surface area contributed by atoms with Crippen molar-refractivity contribution in [2.24, 2.45) is 0 Å². The molecule has 0 fully saturated rings. The minimum Gasteiger partial charge on any atom is -0.466 e. The first-order valence-corrected chi connectivity index (χ1v) is 8.90. The molecule has 0 aromatic heterocycles. The Morgan fingerprint density at radius 1 is 0.643 bits per heavy atom. The maximum atomic E-state index is 10.4. The van der Waals surface area contributed by atoms with Crippen LogP contribution in [0.3, 0.4) is 0 Å². The average molecular weight is 400 g/mol. The van der Waals surface area contributed by atoms with Crippen molar-refractivity contribution in [1.82, 2.24) is 0 Å². The molecule has 0 atom stereocenters. The van der Waals surface area contributed by atoms with Crippen LogP contribution in [-0.4, -0.2) is 50.3 Å². The highest BCUT2D eigenvalue weighted by Gasteiger charge is 1.99. The van der Waals surface area contributed by atoms with E-state index in [1.54, 1.807) is 6.08 Å². The standard InChI is InChI=1S/2C10H16O4/c2*1-8(4-6-13-9(2)11)5-7-14-10(3)12/h4H,5-7H2,1-3H3;1,4-7H2,2-3H3/b8-4+;. The van der Waals surface area contributed by atoms with Gasteiger partial charge in [0.05, 0.1) is 19.8 Å². The molecule has 0 aliphatic heterocycles. The van der Waals surface area contributed by atoms with Crippen LogP contribution in [0.25, 0.3) is 0 Å². The number of carbonyl (C=O) groups is 4. The zero-order valence-corrected chi connectivity index (χ0v) is 17.5. The third kappa shape index (κ3) is 25.6. The Bertz CT molecular complexity index is 526. The van der Waals surface area contributed by atoms with Crippen LogP contribution < -0.4 is 0 Å². The molecule has 0 aliphatic rings. The third-order valence-electron chi connectivity index (χ3n) is 3.04. The molecule has 0 radical (unpaired) electrons. The van der Waals surface area contributed by atoms with Gasteiger partial charge < -0.3 is 18.9 Å². The van der Waals surface area contributed by atoms with Crippen LogP contribution in [0, 0.1) is 0 Å². The summed E-state index contributed by atoms with van der Waals surface area (Å²) in [5.74, 6) is -1.16. The fourth-order valence-corrected chi connectivity index (χ4v) is 1.56. The molecular formula is C20H32O8. The summed E-state index contributed by atoms with van der Waals surface area (Å²) in [6.07, 6.45) is 3.69. The van der Waals surface area contributed by atoms with Gasteiger partial charge in [0, 0.05) is 47.0 Å². The first-order chi connectivity index (χ1) is 13.0. The molecule has 0 unspecified atom stereocenters. The molecule has 0 spiro atoms. The zero-order chi connectivity index (χ0) is 21.9. The minimum absolute atomic E-state index is 0.279. The van der Waals surface area contributed by atoms with Gasteiger partial charge in [0.25, 0.3) is 0 Å². The summed E-state index contributed by atoms with van der Waals surface area (Å²) in [5.41, 5.74) is 1.94. The van der Waals surface area contributed by atoms with Crippen LogP contribution in [-0.2, 0) is 38.1 Å². The van der Waals surface area contributed by atoms with E-state index in [0.29, 0.717) is 39.1 Å². The van der Waals surface area contributed by atoms with Crippen molar-refractivity contribution >= 4 is 23.9 Å². The average Bonchev–Trinajstić information content (AvgIpc) is 2.54. The van der Waals surface area contributed by atoms with Gasteiger partial charge >= 0.3 is 23.9 Å². The van der Waals surface area contributed by atoms with Gasteiger partial charge in [0.2, 0.25) is 0 Å². The Kier molecular flexibility index (Phi) is 17.5. The van der Waals surface area contributed by atoms with Gasteiger partial charge in [-0.05, 0) is 13.0 Å². The van der Waals surface area contributed by atoms with E-state index in [-0.39, 0.29) is 30.5 Å². The van der Waals surface area contributed by atoms with Crippen LogP contribution in [0.1, 0.15) is 53.9 Å². The molecule has 0 aromatic carbocycles. The summed E-state index contributed by atoms with van der Waals surface area (Å²) in [7, 11) is 0. The molecule has 0 rings (SSSR count). The van der Waals surface area contributed by atoms with E-state index in [0.717, 1.165) is 11.1 Å². The van der Waals surface area contributed by atoms with Crippen LogP contribution >= 0.6 is 0 Å². The molecule has 0 amide bonds. The van der Waals surface area contributed by atoms with Crippen molar-refractivity contribution in [2.45, 2.75) is 53.9 Å². The zero-order valence-electron chi connectivity index (χ0n) is 17.5. The fraction of sp³-hybridized carbons (Fsp3) is 0.600. The Morgan fingerprint density at radius 2 is 1.00 bits per heavy atom. The number of esters is 4. The fourth-order valence-electron chi connectivity index (χ4n) is 1.56. The first kappa shape index (κ1) is 27.6. The number of ether oxygens (including phenoxy) is 4. The maximum absolute atomic E-state index is 10.4. The second kappa shape index (κ2) is 17.8. The second-order valence-corrected chi connectivity index (χ2v) is 5.87. The Balaban J connectivity index is 0. The molecule has 0 aliphatic carbocycles. The normalized spacial score (nSPS) is 10.1. The molecule has 160 valence electrons. The molecule has 0 aromatic rings. The highest BCUT2D eigenvalue weighted by molar-refractivity contribution is 5.66. The van der Waals surface area contributed by atoms with Crippen LogP contribution in [0.15, 0.2) is 23.8 Å². The summed E-state index contributed by atoms with van der Waals surface area (Å²) in [5, 5.41) is 0. The lowest BCUT2D eigenvalue weighted by molar-refractivity contribution is -0.142. The van der Waals surface area contributed by atoms with Gasteiger partial charge in [0.1, 0.15) is 6.61 Å². The number of rotatable bonds is 11. The highest BCUT2D eigenvalue weighted by Crippen LogP contribution is 2.04. The smallest absolute Gasteiger partial charge is 0.302 e. The van der Waals surface area contributed by atoms with Crippen molar-refractivity contribution in [3.8, 4) is 0 Å². The molecule has 0 saturated heterocycles. The summed E-state index contributed by atoms with van der Waals surface area (Å²) < 4.78 is 18.9. The number of hydrogen-bond donors (Lipinski definition) is 0. The van der Waals surface area contributed by atoms with Gasteiger partial charge in [-0.25, -0.2) is 0 Å². The van der Waals surface area contributed by atoms with E-state index in [4.69, 9.17) is 18.9 Å². The van der Waals surface area contributed by atoms with E-state index < -0.39 is 0 Å². The minimum atomic E-state index is -0.297. The molecule has 28 heavy (non-hydrogen) atoms. The Morgan fingerprint density at radius 3 is 1.36 bits per heavy atom. The highest BCUT2D eigenvalue weighted by atomic mass is 16.5. The van der Waals surface area contributed by atoms with E-state index in [2.05, 4.69) is 6.58 Å². The van der Waals surface area contributed by atoms with Gasteiger partial charge in [-0.15, -0.1) is 0 Å². The molecule has 0 bridgehead atoms. The van der Waals surface area contributed by atoms with E-state index in [1.165, 1.54) is 27.7 Å². The van der Waals surface area contributed by atoms with Crippen molar-refractivity contribution in [2.75, 3.05) is 26.4 Å². The van der Waals surface area contributed by atoms with Gasteiger partial charge in [0.15, 0.2) is 0 Å². The predicted octanol–water partition coefficient (Wildman–Crippen LogP) is 2.90. The first-order valence-electron chi connectivity index (χ1n) is 8.90. The summed E-state index contributed by atoms with van der Waals surface area (Å²) >= 11 is 0. The van der Waals surface area contributed by atoms with Crippen LogP contribution in [0.5, 0.6) is 0 Å².